The van der Waals surface area contributed by atoms with E-state index >= 15 is 0 Å². The van der Waals surface area contributed by atoms with Gasteiger partial charge >= 0.3 is 0 Å². The Kier molecular flexibility index (Phi) is 4.43. The van der Waals surface area contributed by atoms with Gasteiger partial charge in [-0.25, -0.2) is 4.98 Å². The molecule has 18 heavy (non-hydrogen) atoms. The molecule has 1 aromatic rings. The van der Waals surface area contributed by atoms with Gasteiger partial charge in [0, 0.05) is 32.2 Å². The number of hydrogen-bond donors (Lipinski definition) is 1. The highest BCUT2D eigenvalue weighted by Crippen LogP contribution is 2.15. The molecule has 1 unspecified atom stereocenters. The van der Waals surface area contributed by atoms with Crippen LogP contribution in [0.2, 0.25) is 5.02 Å². The van der Waals surface area contributed by atoms with E-state index in [0.717, 1.165) is 42.7 Å². The second kappa shape index (κ2) is 5.87. The molecule has 2 rings (SSSR count). The highest BCUT2D eigenvalue weighted by Gasteiger charge is 2.21. The maximum absolute atomic E-state index is 5.97. The van der Waals surface area contributed by atoms with Crippen LogP contribution in [-0.4, -0.2) is 61.1 Å². The molecule has 0 spiro atoms. The molecular weight excluding hydrogens is 248 g/mol. The molecule has 2 heterocycles. The number of anilines is 1. The summed E-state index contributed by atoms with van der Waals surface area (Å²) in [5.74, 6) is 0.901. The van der Waals surface area contributed by atoms with Gasteiger partial charge in [0.05, 0.1) is 10.7 Å². The number of aryl methyl sites for hydroxylation is 1. The van der Waals surface area contributed by atoms with Gasteiger partial charge in [-0.1, -0.05) is 11.6 Å². The van der Waals surface area contributed by atoms with Crippen molar-refractivity contribution in [1.82, 2.24) is 14.8 Å². The van der Waals surface area contributed by atoms with Gasteiger partial charge in [-0.05, 0) is 33.2 Å². The van der Waals surface area contributed by atoms with Crippen molar-refractivity contribution in [3.8, 4) is 0 Å². The van der Waals surface area contributed by atoms with E-state index in [0.29, 0.717) is 6.04 Å². The number of halogens is 1. The van der Waals surface area contributed by atoms with Gasteiger partial charge in [-0.2, -0.15) is 0 Å². The van der Waals surface area contributed by atoms with E-state index in [9.17, 15) is 0 Å². The monoisotopic (exact) mass is 268 g/mol. The molecule has 100 valence electrons. The first-order valence-electron chi connectivity index (χ1n) is 6.32. The van der Waals surface area contributed by atoms with E-state index in [-0.39, 0.29) is 0 Å². The lowest BCUT2D eigenvalue weighted by molar-refractivity contribution is 0.122. The molecule has 1 fully saturated rings. The summed E-state index contributed by atoms with van der Waals surface area (Å²) in [7, 11) is 4.35. The molecule has 1 atom stereocenters. The van der Waals surface area contributed by atoms with Crippen molar-refractivity contribution in [2.75, 3.05) is 45.6 Å². The summed E-state index contributed by atoms with van der Waals surface area (Å²) in [5, 5.41) is 4.11. The zero-order chi connectivity index (χ0) is 13.1. The van der Waals surface area contributed by atoms with Crippen LogP contribution in [0.1, 0.15) is 5.69 Å². The quantitative estimate of drug-likeness (QED) is 0.904. The fourth-order valence-electron chi connectivity index (χ4n) is 2.19. The largest absolute Gasteiger partial charge is 0.368 e. The molecule has 5 heteroatoms. The number of aromatic nitrogens is 1. The Hall–Kier alpha value is -0.840. The normalized spacial score (nSPS) is 22.1. The molecule has 0 bridgehead atoms. The van der Waals surface area contributed by atoms with Gasteiger partial charge in [0.2, 0.25) is 0 Å². The number of pyridine rings is 1. The minimum absolute atomic E-state index is 0.529. The van der Waals surface area contributed by atoms with E-state index in [2.05, 4.69) is 34.2 Å². The zero-order valence-electron chi connectivity index (χ0n) is 11.3. The summed E-state index contributed by atoms with van der Waals surface area (Å²) in [6.45, 7) is 6.19. The third-order valence-electron chi connectivity index (χ3n) is 3.52. The maximum Gasteiger partial charge on any atom is 0.126 e. The Labute approximate surface area is 114 Å². The van der Waals surface area contributed by atoms with Crippen molar-refractivity contribution in [2.24, 2.45) is 0 Å². The van der Waals surface area contributed by atoms with Gasteiger partial charge < -0.3 is 10.2 Å². The van der Waals surface area contributed by atoms with Crippen LogP contribution in [0, 0.1) is 6.92 Å². The van der Waals surface area contributed by atoms with Gasteiger partial charge in [0.15, 0.2) is 0 Å². The van der Waals surface area contributed by atoms with Crippen LogP contribution in [0.4, 0.5) is 5.82 Å². The number of rotatable bonds is 3. The average Bonchev–Trinajstić information content (AvgIpc) is 2.34. The lowest BCUT2D eigenvalue weighted by atomic mass is 10.2. The van der Waals surface area contributed by atoms with E-state index in [1.165, 1.54) is 0 Å². The molecule has 0 radical (unpaired) electrons. The van der Waals surface area contributed by atoms with Crippen molar-refractivity contribution in [1.29, 1.82) is 0 Å². The van der Waals surface area contributed by atoms with Crippen LogP contribution in [0.5, 0.6) is 0 Å². The number of piperazine rings is 1. The Morgan fingerprint density at radius 1 is 1.39 bits per heavy atom. The highest BCUT2D eigenvalue weighted by molar-refractivity contribution is 6.31. The Morgan fingerprint density at radius 3 is 2.89 bits per heavy atom. The Balaban J connectivity index is 1.92. The van der Waals surface area contributed by atoms with Crippen LogP contribution in [0.15, 0.2) is 12.1 Å². The summed E-state index contributed by atoms with van der Waals surface area (Å²) in [4.78, 5) is 9.19. The second-order valence-corrected chi connectivity index (χ2v) is 5.45. The molecule has 1 saturated heterocycles. The van der Waals surface area contributed by atoms with Crippen LogP contribution in [0.3, 0.4) is 0 Å². The minimum atomic E-state index is 0.529. The third-order valence-corrected chi connectivity index (χ3v) is 3.92. The van der Waals surface area contributed by atoms with E-state index < -0.39 is 0 Å². The Morgan fingerprint density at radius 2 is 2.17 bits per heavy atom. The minimum Gasteiger partial charge on any atom is -0.368 e. The van der Waals surface area contributed by atoms with Gasteiger partial charge in [-0.3, -0.25) is 4.90 Å². The van der Waals surface area contributed by atoms with Gasteiger partial charge in [0.1, 0.15) is 5.82 Å². The summed E-state index contributed by atoms with van der Waals surface area (Å²) in [6.07, 6.45) is 0. The molecule has 1 N–H and O–H groups in total. The maximum atomic E-state index is 5.97. The van der Waals surface area contributed by atoms with E-state index in [1.54, 1.807) is 0 Å². The van der Waals surface area contributed by atoms with Crippen molar-refractivity contribution in [3.63, 3.8) is 0 Å². The van der Waals surface area contributed by atoms with Crippen LogP contribution in [0.25, 0.3) is 0 Å². The molecule has 0 saturated carbocycles. The van der Waals surface area contributed by atoms with Crippen LogP contribution < -0.4 is 5.32 Å². The van der Waals surface area contributed by atoms with E-state index in [4.69, 9.17) is 11.6 Å². The molecular formula is C13H21ClN4. The summed E-state index contributed by atoms with van der Waals surface area (Å²) >= 11 is 5.97. The molecule has 1 aromatic heterocycles. The average molecular weight is 269 g/mol. The molecule has 1 aliphatic heterocycles. The van der Waals surface area contributed by atoms with Crippen LogP contribution in [-0.2, 0) is 0 Å². The number of nitrogens with one attached hydrogen (secondary N) is 1. The third kappa shape index (κ3) is 3.34. The zero-order valence-corrected chi connectivity index (χ0v) is 12.0. The highest BCUT2D eigenvalue weighted by atomic mass is 35.5. The van der Waals surface area contributed by atoms with Crippen molar-refractivity contribution in [3.05, 3.63) is 22.8 Å². The first kappa shape index (κ1) is 13.6. The SMILES string of the molecule is Cc1nc(NCC2CN(C)CCN2C)ccc1Cl. The Bertz CT molecular complexity index is 410. The van der Waals surface area contributed by atoms with Crippen molar-refractivity contribution in [2.45, 2.75) is 13.0 Å². The summed E-state index contributed by atoms with van der Waals surface area (Å²) in [6, 6.07) is 4.35. The van der Waals surface area contributed by atoms with E-state index in [1.807, 2.05) is 19.1 Å². The van der Waals surface area contributed by atoms with Crippen molar-refractivity contribution >= 4 is 17.4 Å². The number of likely N-dealkylation sites (N-methyl/N-ethyl adjacent to an activating group) is 2. The molecule has 0 aromatic carbocycles. The first-order chi connectivity index (χ1) is 8.56. The fraction of sp³-hybridized carbons (Fsp3) is 0.615. The second-order valence-electron chi connectivity index (χ2n) is 5.04. The molecule has 0 aliphatic carbocycles. The van der Waals surface area contributed by atoms with Gasteiger partial charge in [-0.15, -0.1) is 0 Å². The lowest BCUT2D eigenvalue weighted by Crippen LogP contribution is -2.52. The predicted molar refractivity (Wildman–Crippen MR) is 76.4 cm³/mol. The topological polar surface area (TPSA) is 31.4 Å². The number of nitrogens with zero attached hydrogens (tertiary/aromatic N) is 3. The lowest BCUT2D eigenvalue weighted by Gasteiger charge is -2.37. The fourth-order valence-corrected chi connectivity index (χ4v) is 2.29. The first-order valence-corrected chi connectivity index (χ1v) is 6.70. The molecule has 4 nitrogen and oxygen atoms in total. The standard InChI is InChI=1S/C13H21ClN4/c1-10-12(14)4-5-13(16-10)15-8-11-9-17(2)6-7-18(11)3/h4-5,11H,6-9H2,1-3H3,(H,15,16). The molecule has 0 amide bonds. The van der Waals surface area contributed by atoms with Crippen LogP contribution >= 0.6 is 11.6 Å². The summed E-state index contributed by atoms with van der Waals surface area (Å²) in [5.41, 5.74) is 0.871. The molecule has 1 aliphatic rings. The summed E-state index contributed by atoms with van der Waals surface area (Å²) < 4.78 is 0. The predicted octanol–water partition coefficient (Wildman–Crippen LogP) is 1.70. The van der Waals surface area contributed by atoms with Crippen molar-refractivity contribution < 1.29 is 0 Å². The number of hydrogen-bond acceptors (Lipinski definition) is 4. The smallest absolute Gasteiger partial charge is 0.126 e. The van der Waals surface area contributed by atoms with Gasteiger partial charge in [0.25, 0.3) is 0 Å².